The number of pyridine rings is 1. The number of H-pyrrole nitrogens is 1. The predicted octanol–water partition coefficient (Wildman–Crippen LogP) is 1.40. The van der Waals surface area contributed by atoms with Crippen LogP contribution in [0.1, 0.15) is 11.4 Å². The van der Waals surface area contributed by atoms with E-state index in [9.17, 15) is 0 Å². The fraction of sp³-hybridized carbons (Fsp3) is 0.273. The third-order valence-corrected chi connectivity index (χ3v) is 2.14. The number of ether oxygens (including phenoxy) is 1. The molecule has 2 heterocycles. The van der Waals surface area contributed by atoms with Gasteiger partial charge in [-0.2, -0.15) is 5.10 Å². The fourth-order valence-electron chi connectivity index (χ4n) is 1.35. The molecule has 4 heteroatoms. The van der Waals surface area contributed by atoms with Crippen LogP contribution in [0.2, 0.25) is 0 Å². The van der Waals surface area contributed by atoms with Crippen molar-refractivity contribution in [3.63, 3.8) is 0 Å². The van der Waals surface area contributed by atoms with E-state index in [1.165, 1.54) is 0 Å². The summed E-state index contributed by atoms with van der Waals surface area (Å²) in [7, 11) is 1.62. The molecule has 1 N–H and O–H groups in total. The Morgan fingerprint density at radius 1 is 1.40 bits per heavy atom. The molecular weight excluding hydrogens is 190 g/mol. The molecule has 0 amide bonds. The van der Waals surface area contributed by atoms with Gasteiger partial charge in [-0.25, -0.2) is 4.98 Å². The van der Waals surface area contributed by atoms with Crippen LogP contribution in [-0.2, 0) is 12.8 Å². The zero-order chi connectivity index (χ0) is 10.5. The number of methoxy groups -OCH3 is 1. The van der Waals surface area contributed by atoms with Crippen molar-refractivity contribution in [3.05, 3.63) is 41.9 Å². The largest absolute Gasteiger partial charge is 0.481 e. The van der Waals surface area contributed by atoms with Gasteiger partial charge >= 0.3 is 0 Å². The van der Waals surface area contributed by atoms with Gasteiger partial charge in [0.1, 0.15) is 6.20 Å². The first kappa shape index (κ1) is 9.71. The summed E-state index contributed by atoms with van der Waals surface area (Å²) in [4.78, 5) is 4.32. The minimum atomic E-state index is 0.656. The normalized spacial score (nSPS) is 10.2. The van der Waals surface area contributed by atoms with Crippen molar-refractivity contribution >= 4 is 0 Å². The summed E-state index contributed by atoms with van der Waals surface area (Å²) >= 11 is 0. The number of nitrogens with zero attached hydrogens (tertiary/aromatic N) is 2. The maximum absolute atomic E-state index is 5.05. The summed E-state index contributed by atoms with van der Waals surface area (Å²) in [5.74, 6) is 0.656. The summed E-state index contributed by atoms with van der Waals surface area (Å²) in [6, 6.07) is 7.62. The molecule has 0 aliphatic carbocycles. The SMILES string of the molecule is COc1cccc(CCc2c[c]n[nH]2)n1. The van der Waals surface area contributed by atoms with Gasteiger partial charge in [0.25, 0.3) is 0 Å². The summed E-state index contributed by atoms with van der Waals surface area (Å²) < 4.78 is 5.05. The molecule has 2 aromatic rings. The quantitative estimate of drug-likeness (QED) is 0.815. The van der Waals surface area contributed by atoms with Crippen LogP contribution in [0.5, 0.6) is 5.88 Å². The maximum Gasteiger partial charge on any atom is 0.213 e. The third-order valence-electron chi connectivity index (χ3n) is 2.14. The highest BCUT2D eigenvalue weighted by Crippen LogP contribution is 2.08. The summed E-state index contributed by atoms with van der Waals surface area (Å²) in [5, 5.41) is 6.64. The third kappa shape index (κ3) is 2.56. The average molecular weight is 202 g/mol. The van der Waals surface area contributed by atoms with E-state index in [4.69, 9.17) is 4.74 Å². The van der Waals surface area contributed by atoms with Crippen molar-refractivity contribution in [2.75, 3.05) is 7.11 Å². The molecule has 77 valence electrons. The Morgan fingerprint density at radius 2 is 2.33 bits per heavy atom. The molecule has 1 radical (unpaired) electrons. The van der Waals surface area contributed by atoms with Crippen molar-refractivity contribution in [3.8, 4) is 5.88 Å². The van der Waals surface area contributed by atoms with Gasteiger partial charge in [0.2, 0.25) is 5.88 Å². The molecule has 0 fully saturated rings. The number of aryl methyl sites for hydroxylation is 2. The van der Waals surface area contributed by atoms with E-state index < -0.39 is 0 Å². The van der Waals surface area contributed by atoms with E-state index >= 15 is 0 Å². The summed E-state index contributed by atoms with van der Waals surface area (Å²) in [5.41, 5.74) is 2.09. The summed E-state index contributed by atoms with van der Waals surface area (Å²) in [6.07, 6.45) is 4.49. The Morgan fingerprint density at radius 3 is 3.07 bits per heavy atom. The van der Waals surface area contributed by atoms with Crippen molar-refractivity contribution in [2.45, 2.75) is 12.8 Å². The second-order valence-electron chi connectivity index (χ2n) is 3.19. The average Bonchev–Trinajstić information content (AvgIpc) is 2.79. The van der Waals surface area contributed by atoms with E-state index in [-0.39, 0.29) is 0 Å². The van der Waals surface area contributed by atoms with Crippen LogP contribution in [0.15, 0.2) is 24.3 Å². The Labute approximate surface area is 88.3 Å². The highest BCUT2D eigenvalue weighted by Gasteiger charge is 1.99. The number of hydrogen-bond donors (Lipinski definition) is 1. The van der Waals surface area contributed by atoms with E-state index in [1.807, 2.05) is 24.3 Å². The number of hydrogen-bond acceptors (Lipinski definition) is 3. The van der Waals surface area contributed by atoms with Gasteiger partial charge in [-0.1, -0.05) is 6.07 Å². The molecular formula is C11H12N3O. The van der Waals surface area contributed by atoms with Crippen LogP contribution < -0.4 is 4.74 Å². The van der Waals surface area contributed by atoms with Crippen molar-refractivity contribution in [1.29, 1.82) is 0 Å². The van der Waals surface area contributed by atoms with Gasteiger partial charge in [-0.05, 0) is 25.0 Å². The predicted molar refractivity (Wildman–Crippen MR) is 55.6 cm³/mol. The molecule has 0 saturated carbocycles. The number of aromatic nitrogens is 3. The van der Waals surface area contributed by atoms with Crippen molar-refractivity contribution in [1.82, 2.24) is 15.2 Å². The Bertz CT molecular complexity index is 412. The van der Waals surface area contributed by atoms with Crippen molar-refractivity contribution in [2.24, 2.45) is 0 Å². The molecule has 0 aromatic carbocycles. The second-order valence-corrected chi connectivity index (χ2v) is 3.19. The Hall–Kier alpha value is -1.84. The molecule has 2 rings (SSSR count). The van der Waals surface area contributed by atoms with Gasteiger partial charge in [0.15, 0.2) is 0 Å². The first-order chi connectivity index (χ1) is 7.38. The highest BCUT2D eigenvalue weighted by molar-refractivity contribution is 5.16. The minimum Gasteiger partial charge on any atom is -0.481 e. The van der Waals surface area contributed by atoms with E-state index in [0.29, 0.717) is 5.88 Å². The van der Waals surface area contributed by atoms with E-state index in [1.54, 1.807) is 7.11 Å². The fourth-order valence-corrected chi connectivity index (χ4v) is 1.35. The lowest BCUT2D eigenvalue weighted by molar-refractivity contribution is 0.396. The monoisotopic (exact) mass is 202 g/mol. The van der Waals surface area contributed by atoms with Gasteiger partial charge in [-0.3, -0.25) is 5.10 Å². The van der Waals surface area contributed by atoms with E-state index in [0.717, 1.165) is 24.2 Å². The Kier molecular flexibility index (Phi) is 2.97. The van der Waals surface area contributed by atoms with Crippen LogP contribution in [0.25, 0.3) is 0 Å². The maximum atomic E-state index is 5.05. The first-order valence-electron chi connectivity index (χ1n) is 4.79. The smallest absolute Gasteiger partial charge is 0.213 e. The molecule has 4 nitrogen and oxygen atoms in total. The lowest BCUT2D eigenvalue weighted by atomic mass is 10.2. The van der Waals surface area contributed by atoms with Crippen LogP contribution in [0.3, 0.4) is 0 Å². The molecule has 0 spiro atoms. The molecule has 0 atom stereocenters. The lowest BCUT2D eigenvalue weighted by Gasteiger charge is -2.02. The zero-order valence-electron chi connectivity index (χ0n) is 8.53. The number of rotatable bonds is 4. The topological polar surface area (TPSA) is 50.8 Å². The van der Waals surface area contributed by atoms with Gasteiger partial charge in [0, 0.05) is 17.5 Å². The number of nitrogens with one attached hydrogen (secondary N) is 1. The molecule has 0 aliphatic heterocycles. The molecule has 0 unspecified atom stereocenters. The van der Waals surface area contributed by atoms with Gasteiger partial charge in [0.05, 0.1) is 7.11 Å². The van der Waals surface area contributed by atoms with Crippen LogP contribution >= 0.6 is 0 Å². The van der Waals surface area contributed by atoms with Gasteiger partial charge in [-0.15, -0.1) is 0 Å². The minimum absolute atomic E-state index is 0.656. The lowest BCUT2D eigenvalue weighted by Crippen LogP contribution is -1.96. The Balaban J connectivity index is 1.98. The molecule has 0 bridgehead atoms. The van der Waals surface area contributed by atoms with E-state index in [2.05, 4.69) is 21.4 Å². The van der Waals surface area contributed by atoms with Gasteiger partial charge < -0.3 is 4.74 Å². The molecule has 2 aromatic heterocycles. The zero-order valence-corrected chi connectivity index (χ0v) is 8.53. The van der Waals surface area contributed by atoms with Crippen LogP contribution in [0.4, 0.5) is 0 Å². The van der Waals surface area contributed by atoms with Crippen LogP contribution in [0, 0.1) is 6.20 Å². The first-order valence-corrected chi connectivity index (χ1v) is 4.79. The second kappa shape index (κ2) is 4.59. The molecule has 0 aliphatic rings. The standard InChI is InChI=1S/C11H12N3O/c1-15-11-4-2-3-9(13-11)5-6-10-7-8-12-14-10/h2-4,7H,5-6H2,1H3,(H,12,14). The molecule has 15 heavy (non-hydrogen) atoms. The van der Waals surface area contributed by atoms with Crippen molar-refractivity contribution < 1.29 is 4.74 Å². The number of aromatic amines is 1. The van der Waals surface area contributed by atoms with Crippen LogP contribution in [-0.4, -0.2) is 22.3 Å². The summed E-state index contributed by atoms with van der Waals surface area (Å²) in [6.45, 7) is 0. The highest BCUT2D eigenvalue weighted by atomic mass is 16.5. The molecule has 0 saturated heterocycles.